The van der Waals surface area contributed by atoms with Gasteiger partial charge in [-0.15, -0.1) is 5.10 Å². The largest absolute Gasteiger partial charge is 0.407 e. The van der Waals surface area contributed by atoms with Crippen molar-refractivity contribution >= 4 is 21.9 Å². The SMILES string of the molecule is CC(C)NCc1nnc(N(C)Cc2cccc(Br)c2)o1. The van der Waals surface area contributed by atoms with E-state index in [-0.39, 0.29) is 0 Å². The van der Waals surface area contributed by atoms with E-state index in [1.807, 2.05) is 24.1 Å². The minimum Gasteiger partial charge on any atom is -0.407 e. The van der Waals surface area contributed by atoms with E-state index < -0.39 is 0 Å². The first-order valence-corrected chi connectivity index (χ1v) is 7.35. The van der Waals surface area contributed by atoms with E-state index in [2.05, 4.69) is 57.4 Å². The van der Waals surface area contributed by atoms with Gasteiger partial charge in [0.15, 0.2) is 0 Å². The summed E-state index contributed by atoms with van der Waals surface area (Å²) in [6, 6.07) is 9.09. The number of aromatic nitrogens is 2. The minimum absolute atomic E-state index is 0.393. The van der Waals surface area contributed by atoms with Crippen molar-refractivity contribution in [2.45, 2.75) is 33.0 Å². The van der Waals surface area contributed by atoms with Crippen LogP contribution in [-0.2, 0) is 13.1 Å². The number of rotatable bonds is 6. The average molecular weight is 339 g/mol. The van der Waals surface area contributed by atoms with Crippen LogP contribution in [0.3, 0.4) is 0 Å². The van der Waals surface area contributed by atoms with Gasteiger partial charge in [-0.3, -0.25) is 0 Å². The molecule has 0 bridgehead atoms. The van der Waals surface area contributed by atoms with Crippen LogP contribution in [0.15, 0.2) is 33.2 Å². The predicted octanol–water partition coefficient (Wildman–Crippen LogP) is 2.97. The van der Waals surface area contributed by atoms with Gasteiger partial charge in [0.25, 0.3) is 0 Å². The van der Waals surface area contributed by atoms with Crippen molar-refractivity contribution in [3.63, 3.8) is 0 Å². The Morgan fingerprint density at radius 3 is 2.85 bits per heavy atom. The number of halogens is 1. The van der Waals surface area contributed by atoms with Crippen LogP contribution in [0.5, 0.6) is 0 Å². The van der Waals surface area contributed by atoms with Crippen molar-refractivity contribution in [3.8, 4) is 0 Å². The highest BCUT2D eigenvalue weighted by atomic mass is 79.9. The fourth-order valence-corrected chi connectivity index (χ4v) is 2.19. The van der Waals surface area contributed by atoms with Crippen molar-refractivity contribution < 1.29 is 4.42 Å². The van der Waals surface area contributed by atoms with E-state index >= 15 is 0 Å². The molecule has 0 unspecified atom stereocenters. The summed E-state index contributed by atoms with van der Waals surface area (Å²) in [5.74, 6) is 0.606. The minimum atomic E-state index is 0.393. The second kappa shape index (κ2) is 6.85. The second-order valence-corrected chi connectivity index (χ2v) is 5.92. The maximum absolute atomic E-state index is 5.63. The molecule has 5 nitrogen and oxygen atoms in total. The summed E-state index contributed by atoms with van der Waals surface area (Å²) in [5, 5.41) is 11.4. The van der Waals surface area contributed by atoms with Gasteiger partial charge < -0.3 is 14.6 Å². The van der Waals surface area contributed by atoms with Gasteiger partial charge in [-0.25, -0.2) is 0 Å². The Morgan fingerprint density at radius 1 is 1.35 bits per heavy atom. The molecule has 6 heteroatoms. The van der Waals surface area contributed by atoms with Gasteiger partial charge in [0, 0.05) is 24.1 Å². The van der Waals surface area contributed by atoms with Crippen LogP contribution in [0.1, 0.15) is 25.3 Å². The van der Waals surface area contributed by atoms with E-state index in [1.165, 1.54) is 5.56 Å². The molecule has 1 heterocycles. The van der Waals surface area contributed by atoms with E-state index in [9.17, 15) is 0 Å². The molecule has 108 valence electrons. The highest BCUT2D eigenvalue weighted by Gasteiger charge is 2.11. The van der Waals surface area contributed by atoms with Crippen molar-refractivity contribution in [1.82, 2.24) is 15.5 Å². The van der Waals surface area contributed by atoms with Crippen LogP contribution >= 0.6 is 15.9 Å². The zero-order valence-corrected chi connectivity index (χ0v) is 13.5. The van der Waals surface area contributed by atoms with Crippen LogP contribution < -0.4 is 10.2 Å². The highest BCUT2D eigenvalue weighted by molar-refractivity contribution is 9.10. The number of nitrogens with zero attached hydrogens (tertiary/aromatic N) is 3. The molecule has 1 aromatic heterocycles. The number of hydrogen-bond donors (Lipinski definition) is 1. The first-order valence-electron chi connectivity index (χ1n) is 6.56. The maximum Gasteiger partial charge on any atom is 0.318 e. The molecule has 0 aliphatic heterocycles. The van der Waals surface area contributed by atoms with Crippen LogP contribution in [0, 0.1) is 0 Å². The van der Waals surface area contributed by atoms with Gasteiger partial charge in [-0.2, -0.15) is 0 Å². The summed E-state index contributed by atoms with van der Waals surface area (Å²) in [7, 11) is 1.94. The quantitative estimate of drug-likeness (QED) is 0.877. The zero-order chi connectivity index (χ0) is 14.5. The number of hydrogen-bond acceptors (Lipinski definition) is 5. The van der Waals surface area contributed by atoms with E-state index in [0.29, 0.717) is 24.5 Å². The van der Waals surface area contributed by atoms with Gasteiger partial charge in [0.2, 0.25) is 5.89 Å². The van der Waals surface area contributed by atoms with Crippen molar-refractivity contribution in [2.75, 3.05) is 11.9 Å². The topological polar surface area (TPSA) is 54.2 Å². The Labute approximate surface area is 127 Å². The molecule has 0 aliphatic rings. The van der Waals surface area contributed by atoms with E-state index in [1.54, 1.807) is 0 Å². The summed E-state index contributed by atoms with van der Waals surface area (Å²) < 4.78 is 6.69. The molecule has 20 heavy (non-hydrogen) atoms. The van der Waals surface area contributed by atoms with Crippen molar-refractivity contribution in [1.29, 1.82) is 0 Å². The fraction of sp³-hybridized carbons (Fsp3) is 0.429. The first-order chi connectivity index (χ1) is 9.54. The lowest BCUT2D eigenvalue weighted by molar-refractivity contribution is 0.449. The zero-order valence-electron chi connectivity index (χ0n) is 11.9. The molecular weight excluding hydrogens is 320 g/mol. The molecule has 0 saturated carbocycles. The number of anilines is 1. The Bertz CT molecular complexity index is 556. The summed E-state index contributed by atoms with van der Waals surface area (Å²) in [6.45, 7) is 5.47. The summed E-state index contributed by atoms with van der Waals surface area (Å²) >= 11 is 3.47. The molecule has 1 N–H and O–H groups in total. The Kier molecular flexibility index (Phi) is 5.14. The summed E-state index contributed by atoms with van der Waals surface area (Å²) in [6.07, 6.45) is 0. The normalized spacial score (nSPS) is 11.1. The third kappa shape index (κ3) is 4.31. The van der Waals surface area contributed by atoms with Crippen LogP contribution in [0.2, 0.25) is 0 Å². The molecule has 0 aliphatic carbocycles. The van der Waals surface area contributed by atoms with Crippen molar-refractivity contribution in [3.05, 3.63) is 40.2 Å². The van der Waals surface area contributed by atoms with Gasteiger partial charge >= 0.3 is 6.01 Å². The van der Waals surface area contributed by atoms with Gasteiger partial charge in [0.05, 0.1) is 6.54 Å². The molecule has 0 radical (unpaired) electrons. The lowest BCUT2D eigenvalue weighted by Crippen LogP contribution is -2.22. The molecule has 2 aromatic rings. The molecule has 2 rings (SSSR count). The van der Waals surface area contributed by atoms with Crippen LogP contribution in [0.4, 0.5) is 6.01 Å². The van der Waals surface area contributed by atoms with Crippen molar-refractivity contribution in [2.24, 2.45) is 0 Å². The van der Waals surface area contributed by atoms with Crippen LogP contribution in [-0.4, -0.2) is 23.3 Å². The van der Waals surface area contributed by atoms with Crippen LogP contribution in [0.25, 0.3) is 0 Å². The average Bonchev–Trinajstić information content (AvgIpc) is 2.85. The molecular formula is C14H19BrN4O. The molecule has 0 fully saturated rings. The summed E-state index contributed by atoms with van der Waals surface area (Å²) in [4.78, 5) is 1.94. The Hall–Kier alpha value is -1.40. The molecule has 0 atom stereocenters. The maximum atomic E-state index is 5.63. The molecule has 0 saturated heterocycles. The molecule has 1 aromatic carbocycles. The lowest BCUT2D eigenvalue weighted by Gasteiger charge is -2.13. The van der Waals surface area contributed by atoms with Gasteiger partial charge in [0.1, 0.15) is 0 Å². The molecule has 0 spiro atoms. The van der Waals surface area contributed by atoms with Gasteiger partial charge in [-0.1, -0.05) is 47.0 Å². The fourth-order valence-electron chi connectivity index (χ4n) is 1.74. The predicted molar refractivity (Wildman–Crippen MR) is 82.5 cm³/mol. The smallest absolute Gasteiger partial charge is 0.318 e. The Morgan fingerprint density at radius 2 is 2.15 bits per heavy atom. The highest BCUT2D eigenvalue weighted by Crippen LogP contribution is 2.16. The Balaban J connectivity index is 1.97. The van der Waals surface area contributed by atoms with Gasteiger partial charge in [-0.05, 0) is 17.7 Å². The lowest BCUT2D eigenvalue weighted by atomic mass is 10.2. The number of nitrogens with one attached hydrogen (secondary N) is 1. The van der Waals surface area contributed by atoms with E-state index in [4.69, 9.17) is 4.42 Å². The third-order valence-electron chi connectivity index (χ3n) is 2.75. The first kappa shape index (κ1) is 15.0. The van der Waals surface area contributed by atoms with E-state index in [0.717, 1.165) is 11.0 Å². The number of benzene rings is 1. The monoisotopic (exact) mass is 338 g/mol. The summed E-state index contributed by atoms with van der Waals surface area (Å²) in [5.41, 5.74) is 1.18. The third-order valence-corrected chi connectivity index (χ3v) is 3.25. The second-order valence-electron chi connectivity index (χ2n) is 5.00. The standard InChI is InChI=1S/C14H19BrN4O/c1-10(2)16-8-13-17-18-14(20-13)19(3)9-11-5-4-6-12(15)7-11/h4-7,10,16H,8-9H2,1-3H3. The molecule has 0 amide bonds.